The summed E-state index contributed by atoms with van der Waals surface area (Å²) in [6.07, 6.45) is 0. The van der Waals surface area contributed by atoms with E-state index in [0.717, 1.165) is 6.54 Å². The zero-order valence-corrected chi connectivity index (χ0v) is 9.40. The summed E-state index contributed by atoms with van der Waals surface area (Å²) in [4.78, 5) is 0. The molecular formula is C15H15N. The third-order valence-electron chi connectivity index (χ3n) is 3.37. The lowest BCUT2D eigenvalue weighted by atomic mass is 9.96. The molecule has 1 heterocycles. The Morgan fingerprint density at radius 1 is 1.00 bits per heavy atom. The largest absolute Gasteiger partial charge is 0.302 e. The minimum Gasteiger partial charge on any atom is -0.302 e. The fourth-order valence-electron chi connectivity index (χ4n) is 2.49. The molecule has 3 rings (SSSR count). The Morgan fingerprint density at radius 2 is 1.81 bits per heavy atom. The standard InChI is InChI=1S/C15H15N/c1-11-6-5-9-13-14(11)10-16-15(13)12-7-3-2-4-8-12/h2-9,15-16H,10H2,1H3. The van der Waals surface area contributed by atoms with Crippen LogP contribution in [0.1, 0.15) is 28.3 Å². The smallest absolute Gasteiger partial charge is 0.0582 e. The Balaban J connectivity index is 2.07. The molecular weight excluding hydrogens is 194 g/mol. The summed E-state index contributed by atoms with van der Waals surface area (Å²) in [5.41, 5.74) is 5.65. The Bertz CT molecular complexity index is 502. The van der Waals surface area contributed by atoms with Gasteiger partial charge < -0.3 is 5.32 Å². The summed E-state index contributed by atoms with van der Waals surface area (Å²) in [5, 5.41) is 3.58. The molecule has 0 saturated carbocycles. The third-order valence-corrected chi connectivity index (χ3v) is 3.37. The van der Waals surface area contributed by atoms with Gasteiger partial charge in [-0.3, -0.25) is 0 Å². The lowest BCUT2D eigenvalue weighted by molar-refractivity contribution is 0.667. The molecule has 0 aliphatic carbocycles. The van der Waals surface area contributed by atoms with Gasteiger partial charge in [-0.1, -0.05) is 48.5 Å². The molecule has 80 valence electrons. The molecule has 0 saturated heterocycles. The molecule has 1 nitrogen and oxygen atoms in total. The van der Waals surface area contributed by atoms with E-state index in [1.165, 1.54) is 22.3 Å². The molecule has 1 aliphatic heterocycles. The number of hydrogen-bond acceptors (Lipinski definition) is 1. The highest BCUT2D eigenvalue weighted by Gasteiger charge is 2.23. The van der Waals surface area contributed by atoms with Crippen LogP contribution in [0.5, 0.6) is 0 Å². The lowest BCUT2D eigenvalue weighted by Gasteiger charge is -2.12. The molecule has 0 aromatic heterocycles. The Morgan fingerprint density at radius 3 is 2.62 bits per heavy atom. The fourth-order valence-corrected chi connectivity index (χ4v) is 2.49. The molecule has 1 atom stereocenters. The summed E-state index contributed by atoms with van der Waals surface area (Å²) in [6, 6.07) is 17.6. The Hall–Kier alpha value is -1.60. The first kappa shape index (κ1) is 9.61. The minimum atomic E-state index is 0.371. The van der Waals surface area contributed by atoms with Crippen LogP contribution in [0.3, 0.4) is 0 Å². The van der Waals surface area contributed by atoms with E-state index in [1.807, 2.05) is 0 Å². The Kier molecular flexibility index (Phi) is 2.26. The molecule has 0 spiro atoms. The van der Waals surface area contributed by atoms with E-state index in [4.69, 9.17) is 0 Å². The molecule has 1 unspecified atom stereocenters. The number of hydrogen-bond donors (Lipinski definition) is 1. The van der Waals surface area contributed by atoms with Gasteiger partial charge in [-0.15, -0.1) is 0 Å². The first-order chi connectivity index (χ1) is 7.86. The van der Waals surface area contributed by atoms with Crippen LogP contribution in [0.2, 0.25) is 0 Å². The van der Waals surface area contributed by atoms with Gasteiger partial charge in [0.2, 0.25) is 0 Å². The molecule has 16 heavy (non-hydrogen) atoms. The number of nitrogens with one attached hydrogen (secondary N) is 1. The van der Waals surface area contributed by atoms with Crippen LogP contribution in [-0.2, 0) is 6.54 Å². The van der Waals surface area contributed by atoms with Crippen molar-refractivity contribution in [2.75, 3.05) is 0 Å². The van der Waals surface area contributed by atoms with Crippen LogP contribution >= 0.6 is 0 Å². The van der Waals surface area contributed by atoms with Crippen LogP contribution < -0.4 is 5.32 Å². The summed E-state index contributed by atoms with van der Waals surface area (Å²) >= 11 is 0. The highest BCUT2D eigenvalue weighted by atomic mass is 14.9. The van der Waals surface area contributed by atoms with E-state index in [9.17, 15) is 0 Å². The van der Waals surface area contributed by atoms with Gasteiger partial charge in [-0.05, 0) is 29.2 Å². The van der Waals surface area contributed by atoms with Crippen molar-refractivity contribution >= 4 is 0 Å². The van der Waals surface area contributed by atoms with Gasteiger partial charge in [-0.2, -0.15) is 0 Å². The maximum absolute atomic E-state index is 3.58. The lowest BCUT2D eigenvalue weighted by Crippen LogP contribution is -2.12. The summed E-state index contributed by atoms with van der Waals surface area (Å²) in [6.45, 7) is 3.18. The topological polar surface area (TPSA) is 12.0 Å². The van der Waals surface area contributed by atoms with Gasteiger partial charge in [0.25, 0.3) is 0 Å². The van der Waals surface area contributed by atoms with E-state index in [1.54, 1.807) is 0 Å². The van der Waals surface area contributed by atoms with Crippen molar-refractivity contribution in [3.63, 3.8) is 0 Å². The van der Waals surface area contributed by atoms with Gasteiger partial charge >= 0.3 is 0 Å². The normalized spacial score (nSPS) is 18.4. The molecule has 0 bridgehead atoms. The SMILES string of the molecule is Cc1cccc2c1CNC2c1ccccc1. The van der Waals surface area contributed by atoms with Gasteiger partial charge in [0.05, 0.1) is 6.04 Å². The third kappa shape index (κ3) is 1.44. The van der Waals surface area contributed by atoms with Crippen LogP contribution in [-0.4, -0.2) is 0 Å². The highest BCUT2D eigenvalue weighted by molar-refractivity contribution is 5.44. The molecule has 0 amide bonds. The summed E-state index contributed by atoms with van der Waals surface area (Å²) in [7, 11) is 0. The van der Waals surface area contributed by atoms with Crippen LogP contribution in [0.4, 0.5) is 0 Å². The average Bonchev–Trinajstić information content (AvgIpc) is 2.75. The average molecular weight is 209 g/mol. The van der Waals surface area contributed by atoms with E-state index in [2.05, 4.69) is 60.8 Å². The number of rotatable bonds is 1. The van der Waals surface area contributed by atoms with Crippen molar-refractivity contribution in [3.8, 4) is 0 Å². The molecule has 1 heteroatoms. The van der Waals surface area contributed by atoms with Gasteiger partial charge in [0.1, 0.15) is 0 Å². The minimum absolute atomic E-state index is 0.371. The first-order valence-electron chi connectivity index (χ1n) is 5.73. The van der Waals surface area contributed by atoms with Gasteiger partial charge in [-0.25, -0.2) is 0 Å². The van der Waals surface area contributed by atoms with E-state index in [-0.39, 0.29) is 0 Å². The van der Waals surface area contributed by atoms with Crippen LogP contribution in [0.25, 0.3) is 0 Å². The number of aryl methyl sites for hydroxylation is 1. The van der Waals surface area contributed by atoms with Crippen molar-refractivity contribution in [2.24, 2.45) is 0 Å². The molecule has 0 radical (unpaired) electrons. The second kappa shape index (κ2) is 3.76. The maximum Gasteiger partial charge on any atom is 0.0582 e. The van der Waals surface area contributed by atoms with Crippen LogP contribution in [0.15, 0.2) is 48.5 Å². The van der Waals surface area contributed by atoms with E-state index < -0.39 is 0 Å². The van der Waals surface area contributed by atoms with Crippen molar-refractivity contribution in [2.45, 2.75) is 19.5 Å². The highest BCUT2D eigenvalue weighted by Crippen LogP contribution is 2.32. The predicted octanol–water partition coefficient (Wildman–Crippen LogP) is 3.19. The van der Waals surface area contributed by atoms with Crippen LogP contribution in [0, 0.1) is 6.92 Å². The molecule has 0 fully saturated rings. The maximum atomic E-state index is 3.58. The quantitative estimate of drug-likeness (QED) is 0.760. The fraction of sp³-hybridized carbons (Fsp3) is 0.200. The first-order valence-corrected chi connectivity index (χ1v) is 5.73. The summed E-state index contributed by atoms with van der Waals surface area (Å²) in [5.74, 6) is 0. The summed E-state index contributed by atoms with van der Waals surface area (Å²) < 4.78 is 0. The number of benzene rings is 2. The molecule has 1 N–H and O–H groups in total. The number of fused-ring (bicyclic) bond motifs is 1. The van der Waals surface area contributed by atoms with E-state index in [0.29, 0.717) is 6.04 Å². The van der Waals surface area contributed by atoms with Crippen molar-refractivity contribution in [3.05, 3.63) is 70.8 Å². The van der Waals surface area contributed by atoms with Gasteiger partial charge in [0, 0.05) is 6.54 Å². The van der Waals surface area contributed by atoms with E-state index >= 15 is 0 Å². The second-order valence-corrected chi connectivity index (χ2v) is 4.37. The van der Waals surface area contributed by atoms with Crippen molar-refractivity contribution in [1.82, 2.24) is 5.32 Å². The predicted molar refractivity (Wildman–Crippen MR) is 66.3 cm³/mol. The second-order valence-electron chi connectivity index (χ2n) is 4.37. The molecule has 1 aliphatic rings. The van der Waals surface area contributed by atoms with Crippen molar-refractivity contribution in [1.29, 1.82) is 0 Å². The van der Waals surface area contributed by atoms with Crippen molar-refractivity contribution < 1.29 is 0 Å². The molecule has 2 aromatic rings. The zero-order chi connectivity index (χ0) is 11.0. The van der Waals surface area contributed by atoms with Gasteiger partial charge in [0.15, 0.2) is 0 Å². The monoisotopic (exact) mass is 209 g/mol. The Labute approximate surface area is 96.1 Å². The zero-order valence-electron chi connectivity index (χ0n) is 9.40. The molecule has 2 aromatic carbocycles.